The van der Waals surface area contributed by atoms with Crippen molar-refractivity contribution in [3.63, 3.8) is 0 Å². The fourth-order valence-corrected chi connectivity index (χ4v) is 3.12. The summed E-state index contributed by atoms with van der Waals surface area (Å²) in [6.45, 7) is -3.52. The summed E-state index contributed by atoms with van der Waals surface area (Å²) in [5, 5.41) is 19.9. The topological polar surface area (TPSA) is 118 Å². The van der Waals surface area contributed by atoms with E-state index in [4.69, 9.17) is 35.6 Å². The van der Waals surface area contributed by atoms with E-state index in [1.807, 2.05) is 0 Å². The first-order chi connectivity index (χ1) is 16.8. The Morgan fingerprint density at radius 1 is 1.36 bits per heavy atom. The van der Waals surface area contributed by atoms with E-state index in [0.717, 1.165) is 0 Å². The third-order valence-electron chi connectivity index (χ3n) is 3.80. The van der Waals surface area contributed by atoms with E-state index >= 15 is 0 Å². The van der Waals surface area contributed by atoms with Crippen LogP contribution >= 0.6 is 23.2 Å². The van der Waals surface area contributed by atoms with Crippen LogP contribution in [0.3, 0.4) is 0 Å². The highest BCUT2D eigenvalue weighted by atomic mass is 35.5. The summed E-state index contributed by atoms with van der Waals surface area (Å²) in [7, 11) is 0. The number of benzene rings is 1. The summed E-state index contributed by atoms with van der Waals surface area (Å²) in [5.41, 5.74) is 0.0318. The molecule has 1 heterocycles. The molecule has 0 amide bonds. The summed E-state index contributed by atoms with van der Waals surface area (Å²) < 4.78 is 72.2. The number of imidazole rings is 1. The number of hydrogen-bond acceptors (Lipinski definition) is 4. The van der Waals surface area contributed by atoms with Gasteiger partial charge in [0, 0.05) is 43.1 Å². The van der Waals surface area contributed by atoms with Crippen molar-refractivity contribution in [2.45, 2.75) is 38.6 Å². The molecule has 9 heteroatoms. The number of hydrogen-bond donors (Lipinski definition) is 3. The first-order valence-corrected chi connectivity index (χ1v) is 8.71. The summed E-state index contributed by atoms with van der Waals surface area (Å²) in [6.07, 6.45) is -3.00. The monoisotopic (exact) mass is 436 g/mol. The van der Waals surface area contributed by atoms with Gasteiger partial charge in [-0.05, 0) is 42.5 Å². The standard InChI is InChI=1S/C19H23Cl2N3O4/c1-11(3-17(22)19(27)28)2-13(18(25)26)6-16-8-23-10-24(16)9-12-4-14(20)7-15(21)5-12/h4-5,7-8,10-11,13,17H,2-3,6,9,22H2,1H3,(H,25,26)(H,27,28)/t11?,13-,17-/m0/s1/i1D3,3D2,11D,17D/hD2. The maximum atomic E-state index is 12.1. The first-order valence-electron chi connectivity index (χ1n) is 12.4. The molecule has 2 aromatic rings. The maximum absolute atomic E-state index is 12.1. The highest BCUT2D eigenvalue weighted by Crippen LogP contribution is 2.23. The van der Waals surface area contributed by atoms with E-state index in [9.17, 15) is 19.8 Å². The summed E-state index contributed by atoms with van der Waals surface area (Å²) in [5.74, 6) is -9.30. The molecule has 0 saturated heterocycles. The molecule has 0 radical (unpaired) electrons. The Morgan fingerprint density at radius 2 is 2.07 bits per heavy atom. The van der Waals surface area contributed by atoms with Crippen molar-refractivity contribution in [2.75, 3.05) is 0 Å². The molecule has 152 valence electrons. The predicted octanol–water partition coefficient (Wildman–Crippen LogP) is 3.31. The molecule has 4 N–H and O–H groups in total. The van der Waals surface area contributed by atoms with Gasteiger partial charge >= 0.3 is 11.9 Å². The average molecular weight is 437 g/mol. The molecule has 0 bridgehead atoms. The Kier molecular flexibility index (Phi) is 4.41. The van der Waals surface area contributed by atoms with E-state index in [1.54, 1.807) is 12.1 Å². The van der Waals surface area contributed by atoms with Gasteiger partial charge in [0.05, 0.1) is 13.6 Å². The minimum atomic E-state index is -3.92. The third kappa shape index (κ3) is 6.51. The van der Waals surface area contributed by atoms with Gasteiger partial charge in [-0.15, -0.1) is 0 Å². The molecule has 0 saturated carbocycles. The van der Waals surface area contributed by atoms with Crippen molar-refractivity contribution >= 4 is 35.1 Å². The van der Waals surface area contributed by atoms with E-state index in [2.05, 4.69) is 4.98 Å². The number of aliphatic carboxylic acids is 2. The number of carboxylic acid groups (broad SMARTS) is 2. The number of carboxylic acids is 2. The zero-order valence-corrected chi connectivity index (χ0v) is 15.9. The van der Waals surface area contributed by atoms with Gasteiger partial charge < -0.3 is 20.5 Å². The second-order valence-corrected chi connectivity index (χ2v) is 6.86. The van der Waals surface area contributed by atoms with Gasteiger partial charge in [-0.25, -0.2) is 4.98 Å². The second kappa shape index (κ2) is 9.91. The van der Waals surface area contributed by atoms with E-state index < -0.39 is 61.6 Å². The highest BCUT2D eigenvalue weighted by Gasteiger charge is 2.25. The lowest BCUT2D eigenvalue weighted by molar-refractivity contribution is -0.142. The van der Waals surface area contributed by atoms with Crippen molar-refractivity contribution in [1.29, 1.82) is 0 Å². The van der Waals surface area contributed by atoms with E-state index in [1.165, 1.54) is 23.2 Å². The molecule has 7 nitrogen and oxygen atoms in total. The summed E-state index contributed by atoms with van der Waals surface area (Å²) >= 11 is 12.0. The molecule has 2 rings (SSSR count). The number of nitrogens with zero attached hydrogens (tertiary/aromatic N) is 2. The average Bonchev–Trinajstić information content (AvgIpc) is 3.16. The van der Waals surface area contributed by atoms with Gasteiger partial charge in [0.25, 0.3) is 0 Å². The predicted molar refractivity (Wildman–Crippen MR) is 107 cm³/mol. The molecule has 28 heavy (non-hydrogen) atoms. The number of nitrogens with two attached hydrogens (primary N) is 1. The first kappa shape index (κ1) is 12.5. The van der Waals surface area contributed by atoms with Gasteiger partial charge in [0.2, 0.25) is 0 Å². The number of rotatable bonds is 11. The molecular weight excluding hydrogens is 405 g/mol. The van der Waals surface area contributed by atoms with Crippen molar-refractivity contribution < 1.29 is 32.2 Å². The normalized spacial score (nSPS) is 22.5. The van der Waals surface area contributed by atoms with Gasteiger partial charge in [0.15, 0.2) is 0 Å². The van der Waals surface area contributed by atoms with Crippen molar-refractivity contribution in [3.05, 3.63) is 52.0 Å². The molecule has 1 aromatic carbocycles. The van der Waals surface area contributed by atoms with Crippen LogP contribution in [0, 0.1) is 11.8 Å². The third-order valence-corrected chi connectivity index (χ3v) is 4.24. The zero-order valence-electron chi connectivity index (χ0n) is 23.4. The molecule has 1 unspecified atom stereocenters. The second-order valence-electron chi connectivity index (χ2n) is 5.99. The number of carbonyl (C=O) groups is 2. The van der Waals surface area contributed by atoms with Crippen LogP contribution in [0.1, 0.15) is 40.5 Å². The Bertz CT molecular complexity index is 1140. The Morgan fingerprint density at radius 3 is 2.64 bits per heavy atom. The number of halogens is 2. The van der Waals surface area contributed by atoms with Crippen LogP contribution in [0.25, 0.3) is 0 Å². The molecule has 3 atom stereocenters. The minimum Gasteiger partial charge on any atom is -0.481 e. The molecule has 0 aliphatic rings. The van der Waals surface area contributed by atoms with Gasteiger partial charge in [0.1, 0.15) is 8.84 Å². The molecule has 0 aliphatic carbocycles. The van der Waals surface area contributed by atoms with Crippen LogP contribution in [0.4, 0.5) is 0 Å². The van der Waals surface area contributed by atoms with Crippen LogP contribution in [0.5, 0.6) is 0 Å². The molecule has 1 aromatic heterocycles. The number of aromatic nitrogens is 2. The zero-order chi connectivity index (χ0) is 28.6. The van der Waals surface area contributed by atoms with Crippen LogP contribution < -0.4 is 5.72 Å². The minimum absolute atomic E-state index is 0.134. The fraction of sp³-hybridized carbons (Fsp3) is 0.421. The van der Waals surface area contributed by atoms with Crippen molar-refractivity contribution in [1.82, 2.24) is 9.55 Å². The Labute approximate surface area is 185 Å². The SMILES string of the molecule is [2H]N([2H])[C@]([2H])(C(=O)O)C([2H])([2H])C([2H])(C[C@@H](Cc1cncn1Cc1cc(Cl)cc(Cl)c1)C(=O)O)C([2H])([2H])[2H]. The molecule has 0 fully saturated rings. The maximum Gasteiger partial charge on any atom is 0.320 e. The summed E-state index contributed by atoms with van der Waals surface area (Å²) in [4.78, 5) is 27.8. The van der Waals surface area contributed by atoms with Crippen molar-refractivity contribution in [2.24, 2.45) is 17.5 Å². The van der Waals surface area contributed by atoms with Crippen LogP contribution in [0.2, 0.25) is 12.9 Å². The lowest BCUT2D eigenvalue weighted by atomic mass is 9.88. The summed E-state index contributed by atoms with van der Waals surface area (Å²) in [6, 6.07) is 0.852. The lowest BCUT2D eigenvalue weighted by Crippen LogP contribution is -2.33. The smallest absolute Gasteiger partial charge is 0.320 e. The molecule has 0 spiro atoms. The Hall–Kier alpha value is -2.09. The fourth-order valence-electron chi connectivity index (χ4n) is 2.55. The van der Waals surface area contributed by atoms with Gasteiger partial charge in [-0.1, -0.05) is 30.1 Å². The molecular formula is C19H23Cl2N3O4. The lowest BCUT2D eigenvalue weighted by Gasteiger charge is -2.20. The quantitative estimate of drug-likeness (QED) is 0.496. The van der Waals surface area contributed by atoms with Gasteiger partial charge in [-0.2, -0.15) is 0 Å². The highest BCUT2D eigenvalue weighted by molar-refractivity contribution is 6.34. The Balaban J connectivity index is 2.50. The molecule has 0 aliphatic heterocycles. The van der Waals surface area contributed by atoms with E-state index in [0.29, 0.717) is 15.6 Å². The van der Waals surface area contributed by atoms with Crippen LogP contribution in [-0.4, -0.2) is 37.7 Å². The van der Waals surface area contributed by atoms with Crippen molar-refractivity contribution in [3.8, 4) is 0 Å². The van der Waals surface area contributed by atoms with Gasteiger partial charge in [-0.3, -0.25) is 9.59 Å². The van der Waals surface area contributed by atoms with Crippen LogP contribution in [-0.2, 0) is 22.6 Å². The largest absolute Gasteiger partial charge is 0.481 e. The van der Waals surface area contributed by atoms with E-state index in [-0.39, 0.29) is 12.2 Å². The van der Waals surface area contributed by atoms with Crippen LogP contribution in [0.15, 0.2) is 30.7 Å².